The average molecular weight is 624 g/mol. The van der Waals surface area contributed by atoms with E-state index >= 15 is 0 Å². The van der Waals surface area contributed by atoms with Crippen LogP contribution in [0.5, 0.6) is 0 Å². The highest BCUT2D eigenvalue weighted by molar-refractivity contribution is 6.01. The van der Waals surface area contributed by atoms with E-state index < -0.39 is 18.0 Å². The van der Waals surface area contributed by atoms with Gasteiger partial charge in [0.05, 0.1) is 13.2 Å². The summed E-state index contributed by atoms with van der Waals surface area (Å²) in [5.41, 5.74) is 6.08. The highest BCUT2D eigenvalue weighted by atomic mass is 16.8. The van der Waals surface area contributed by atoms with E-state index in [0.717, 1.165) is 33.4 Å². The van der Waals surface area contributed by atoms with Crippen molar-refractivity contribution in [1.29, 1.82) is 0 Å². The number of carbonyl (C=O) groups is 5. The first kappa shape index (κ1) is 33.6. The Morgan fingerprint density at radius 1 is 0.778 bits per heavy atom. The zero-order chi connectivity index (χ0) is 32.2. The number of hydroxylamine groups is 2. The SMILES string of the molecule is COCCNC(=O)CCCc1ccc2c(c1)C(COC(=O)ON1C(=O)CCC1=O)c1cc(CCCC(=O)NCCOC)ccc1-2. The van der Waals surface area contributed by atoms with Gasteiger partial charge in [-0.3, -0.25) is 24.0 Å². The van der Waals surface area contributed by atoms with E-state index in [4.69, 9.17) is 19.0 Å². The van der Waals surface area contributed by atoms with Crippen LogP contribution in [0.3, 0.4) is 0 Å². The van der Waals surface area contributed by atoms with Crippen LogP contribution >= 0.6 is 0 Å². The summed E-state index contributed by atoms with van der Waals surface area (Å²) in [4.78, 5) is 65.4. The third-order valence-electron chi connectivity index (χ3n) is 7.81. The minimum atomic E-state index is -1.13. The molecule has 0 spiro atoms. The van der Waals surface area contributed by atoms with Crippen LogP contribution in [0.4, 0.5) is 4.79 Å². The second kappa shape index (κ2) is 16.7. The minimum absolute atomic E-state index is 0.00925. The van der Waals surface area contributed by atoms with Crippen LogP contribution in [0.25, 0.3) is 11.1 Å². The summed E-state index contributed by atoms with van der Waals surface area (Å²) in [5.74, 6) is -1.53. The molecule has 2 aromatic rings. The van der Waals surface area contributed by atoms with Crippen molar-refractivity contribution < 1.29 is 43.0 Å². The summed E-state index contributed by atoms with van der Waals surface area (Å²) < 4.78 is 15.4. The average Bonchev–Trinajstić information content (AvgIpc) is 3.50. The topological polar surface area (TPSA) is 150 Å². The third-order valence-corrected chi connectivity index (χ3v) is 7.81. The first-order valence-electron chi connectivity index (χ1n) is 15.3. The van der Waals surface area contributed by atoms with Crippen LogP contribution in [0.1, 0.15) is 66.7 Å². The lowest BCUT2D eigenvalue weighted by Crippen LogP contribution is -2.32. The molecule has 12 nitrogen and oxygen atoms in total. The van der Waals surface area contributed by atoms with Crippen molar-refractivity contribution in [2.75, 3.05) is 47.1 Å². The van der Waals surface area contributed by atoms with Crippen LogP contribution < -0.4 is 10.6 Å². The lowest BCUT2D eigenvalue weighted by Gasteiger charge is -2.17. The second-order valence-corrected chi connectivity index (χ2v) is 11.0. The molecule has 0 aromatic heterocycles. The molecule has 45 heavy (non-hydrogen) atoms. The fraction of sp³-hybridized carbons (Fsp3) is 0.485. The number of hydrogen-bond donors (Lipinski definition) is 2. The third kappa shape index (κ3) is 9.35. The standard InChI is InChI=1S/C33H41N3O9/c1-42-17-15-34-29(37)7-3-5-22-9-11-24-25-12-10-23(6-4-8-30(38)35-16-18-43-2)20-27(25)28(26(24)19-22)21-44-33(41)45-36-31(39)13-14-32(36)40/h9-12,19-20,28H,3-8,13-18,21H2,1-2H3,(H,34,37)(H,35,38). The van der Waals surface area contributed by atoms with Gasteiger partial charge in [0.1, 0.15) is 6.61 Å². The Morgan fingerprint density at radius 3 is 1.73 bits per heavy atom. The van der Waals surface area contributed by atoms with Crippen molar-refractivity contribution in [3.05, 3.63) is 58.7 Å². The Balaban J connectivity index is 1.45. The smallest absolute Gasteiger partial charge is 0.432 e. The van der Waals surface area contributed by atoms with Crippen LogP contribution in [0.15, 0.2) is 36.4 Å². The number of amides is 4. The molecule has 242 valence electrons. The normalized spacial score (nSPS) is 13.9. The lowest BCUT2D eigenvalue weighted by molar-refractivity contribution is -0.177. The largest absolute Gasteiger partial charge is 0.533 e. The van der Waals surface area contributed by atoms with E-state index in [2.05, 4.69) is 22.8 Å². The Kier molecular flexibility index (Phi) is 12.5. The van der Waals surface area contributed by atoms with E-state index in [0.29, 0.717) is 69.9 Å². The molecule has 1 fully saturated rings. The van der Waals surface area contributed by atoms with E-state index in [1.165, 1.54) is 0 Å². The zero-order valence-corrected chi connectivity index (χ0v) is 25.9. The zero-order valence-electron chi connectivity index (χ0n) is 25.9. The van der Waals surface area contributed by atoms with Crippen molar-refractivity contribution in [2.45, 2.75) is 57.3 Å². The molecule has 0 saturated carbocycles. The maximum atomic E-state index is 12.5. The summed E-state index contributed by atoms with van der Waals surface area (Å²) in [7, 11) is 3.17. The van der Waals surface area contributed by atoms with Crippen molar-refractivity contribution in [2.24, 2.45) is 0 Å². The molecule has 2 aliphatic rings. The van der Waals surface area contributed by atoms with E-state index in [1.807, 2.05) is 24.3 Å². The van der Waals surface area contributed by atoms with Crippen molar-refractivity contribution in [3.63, 3.8) is 0 Å². The van der Waals surface area contributed by atoms with E-state index in [-0.39, 0.29) is 37.2 Å². The van der Waals surface area contributed by atoms with Gasteiger partial charge >= 0.3 is 6.16 Å². The summed E-state index contributed by atoms with van der Waals surface area (Å²) >= 11 is 0. The second-order valence-electron chi connectivity index (χ2n) is 11.0. The number of nitrogens with zero attached hydrogens (tertiary/aromatic N) is 1. The van der Waals surface area contributed by atoms with Gasteiger partial charge in [-0.05, 0) is 59.1 Å². The summed E-state index contributed by atoms with van der Waals surface area (Å²) in [5, 5.41) is 6.12. The Hall–Kier alpha value is -4.29. The Bertz CT molecular complexity index is 1300. The molecule has 1 aliphatic heterocycles. The monoisotopic (exact) mass is 623 g/mol. The molecular weight excluding hydrogens is 582 g/mol. The lowest BCUT2D eigenvalue weighted by atomic mass is 9.94. The van der Waals surface area contributed by atoms with Crippen LogP contribution in [-0.2, 0) is 51.1 Å². The fourth-order valence-corrected chi connectivity index (χ4v) is 5.53. The van der Waals surface area contributed by atoms with Gasteiger partial charge in [0.15, 0.2) is 0 Å². The van der Waals surface area contributed by atoms with Crippen LogP contribution in [0.2, 0.25) is 0 Å². The molecule has 0 bridgehead atoms. The number of aryl methyl sites for hydroxylation is 2. The van der Waals surface area contributed by atoms with Crippen LogP contribution in [0, 0.1) is 0 Å². The van der Waals surface area contributed by atoms with Gasteiger partial charge in [-0.1, -0.05) is 41.5 Å². The highest BCUT2D eigenvalue weighted by Crippen LogP contribution is 2.46. The van der Waals surface area contributed by atoms with Gasteiger partial charge in [0.2, 0.25) is 11.8 Å². The molecule has 1 aliphatic carbocycles. The minimum Gasteiger partial charge on any atom is -0.432 e. The molecular formula is C33H41N3O9. The molecule has 1 heterocycles. The fourth-order valence-electron chi connectivity index (χ4n) is 5.53. The summed E-state index contributed by atoms with van der Waals surface area (Å²) in [6.07, 6.45) is 2.34. The van der Waals surface area contributed by atoms with Crippen molar-refractivity contribution in [1.82, 2.24) is 15.7 Å². The predicted molar refractivity (Wildman–Crippen MR) is 163 cm³/mol. The quantitative estimate of drug-likeness (QED) is 0.154. The molecule has 4 rings (SSSR count). The molecule has 0 radical (unpaired) electrons. The first-order chi connectivity index (χ1) is 21.8. The van der Waals surface area contributed by atoms with Gasteiger partial charge < -0.3 is 24.8 Å². The Morgan fingerprint density at radius 2 is 1.27 bits per heavy atom. The predicted octanol–water partition coefficient (Wildman–Crippen LogP) is 3.19. The van der Waals surface area contributed by atoms with E-state index in [1.54, 1.807) is 14.2 Å². The molecule has 1 saturated heterocycles. The maximum absolute atomic E-state index is 12.5. The molecule has 0 unspecified atom stereocenters. The van der Waals surface area contributed by atoms with Gasteiger partial charge in [-0.25, -0.2) is 4.79 Å². The molecule has 0 atom stereocenters. The number of ether oxygens (including phenoxy) is 3. The number of benzene rings is 2. The van der Waals surface area contributed by atoms with E-state index in [9.17, 15) is 24.0 Å². The summed E-state index contributed by atoms with van der Waals surface area (Å²) in [6.45, 7) is 1.81. The first-order valence-corrected chi connectivity index (χ1v) is 15.3. The van der Waals surface area contributed by atoms with Crippen LogP contribution in [-0.4, -0.2) is 82.0 Å². The number of imide groups is 1. The number of methoxy groups -OCH3 is 2. The molecule has 4 amide bonds. The van der Waals surface area contributed by atoms with Crippen molar-refractivity contribution in [3.8, 4) is 11.1 Å². The number of rotatable bonds is 17. The number of carbonyl (C=O) groups excluding carboxylic acids is 5. The van der Waals surface area contributed by atoms with Gasteiger partial charge in [-0.15, -0.1) is 0 Å². The van der Waals surface area contributed by atoms with Crippen molar-refractivity contribution >= 4 is 29.8 Å². The molecule has 2 N–H and O–H groups in total. The Labute approximate surface area is 262 Å². The van der Waals surface area contributed by atoms with Gasteiger partial charge in [-0.2, -0.15) is 0 Å². The number of nitrogens with one attached hydrogen (secondary N) is 2. The van der Waals surface area contributed by atoms with Gasteiger partial charge in [0.25, 0.3) is 11.8 Å². The number of hydrogen-bond acceptors (Lipinski definition) is 9. The molecule has 12 heteroatoms. The molecule has 2 aromatic carbocycles. The summed E-state index contributed by atoms with van der Waals surface area (Å²) in [6, 6.07) is 12.3. The number of fused-ring (bicyclic) bond motifs is 3. The highest BCUT2D eigenvalue weighted by Gasteiger charge is 2.35. The maximum Gasteiger partial charge on any atom is 0.533 e. The van der Waals surface area contributed by atoms with Gasteiger partial charge in [0, 0.05) is 58.9 Å².